The zero-order valence-electron chi connectivity index (χ0n) is 14.8. The standard InChI is InChI=1S/C18H27N3O2.ClH/c1-12(2)16(18(23)21(4)15-8-9-19-11-15)20-17(22)14-7-5-6-13(3)10-14;/h5-7,10,12,15-16,19H,8-9,11H2,1-4H3,(H,20,22);1H. The largest absolute Gasteiger partial charge is 0.340 e. The fraction of sp³-hybridized carbons (Fsp3) is 0.556. The molecule has 1 fully saturated rings. The van der Waals surface area contributed by atoms with Crippen molar-refractivity contribution < 1.29 is 9.59 Å². The summed E-state index contributed by atoms with van der Waals surface area (Å²) >= 11 is 0. The van der Waals surface area contributed by atoms with Gasteiger partial charge in [-0.1, -0.05) is 31.5 Å². The Bertz CT molecular complexity index is 571. The van der Waals surface area contributed by atoms with Crippen molar-refractivity contribution in [1.82, 2.24) is 15.5 Å². The maximum atomic E-state index is 12.8. The topological polar surface area (TPSA) is 61.4 Å². The van der Waals surface area contributed by atoms with Gasteiger partial charge in [0.2, 0.25) is 5.91 Å². The molecule has 134 valence electrons. The minimum absolute atomic E-state index is 0. The van der Waals surface area contributed by atoms with E-state index in [1.165, 1.54) is 0 Å². The number of amides is 2. The van der Waals surface area contributed by atoms with Crippen molar-refractivity contribution in [2.75, 3.05) is 20.1 Å². The Kier molecular flexibility index (Phi) is 7.70. The van der Waals surface area contributed by atoms with Crippen molar-refractivity contribution in [2.45, 2.75) is 39.3 Å². The molecule has 1 aromatic carbocycles. The fourth-order valence-electron chi connectivity index (χ4n) is 2.89. The summed E-state index contributed by atoms with van der Waals surface area (Å²) in [7, 11) is 1.83. The molecule has 0 spiro atoms. The van der Waals surface area contributed by atoms with E-state index >= 15 is 0 Å². The Balaban J connectivity index is 0.00000288. The summed E-state index contributed by atoms with van der Waals surface area (Å²) in [6.07, 6.45) is 0.957. The van der Waals surface area contributed by atoms with Crippen molar-refractivity contribution in [3.8, 4) is 0 Å². The molecule has 0 aromatic heterocycles. The number of carbonyl (C=O) groups excluding carboxylic acids is 2. The first kappa shape index (κ1) is 20.5. The summed E-state index contributed by atoms with van der Waals surface area (Å²) in [5.41, 5.74) is 1.62. The number of likely N-dealkylation sites (N-methyl/N-ethyl adjacent to an activating group) is 1. The van der Waals surface area contributed by atoms with E-state index in [-0.39, 0.29) is 36.2 Å². The molecule has 6 heteroatoms. The third kappa shape index (κ3) is 4.95. The maximum absolute atomic E-state index is 12.8. The van der Waals surface area contributed by atoms with Crippen LogP contribution in [0, 0.1) is 12.8 Å². The molecule has 2 unspecified atom stereocenters. The number of rotatable bonds is 5. The molecule has 5 nitrogen and oxygen atoms in total. The lowest BCUT2D eigenvalue weighted by molar-refractivity contribution is -0.134. The van der Waals surface area contributed by atoms with Crippen molar-refractivity contribution >= 4 is 24.2 Å². The van der Waals surface area contributed by atoms with Crippen LogP contribution in [-0.4, -0.2) is 48.9 Å². The molecule has 0 saturated carbocycles. The highest BCUT2D eigenvalue weighted by atomic mass is 35.5. The molecule has 1 aliphatic rings. The Morgan fingerprint density at radius 1 is 1.33 bits per heavy atom. The van der Waals surface area contributed by atoms with Gasteiger partial charge < -0.3 is 15.5 Å². The molecule has 2 N–H and O–H groups in total. The second kappa shape index (κ2) is 9.04. The van der Waals surface area contributed by atoms with E-state index in [1.54, 1.807) is 11.0 Å². The van der Waals surface area contributed by atoms with Crippen LogP contribution in [0.3, 0.4) is 0 Å². The number of benzene rings is 1. The van der Waals surface area contributed by atoms with Crippen LogP contribution in [0.25, 0.3) is 0 Å². The molecule has 0 radical (unpaired) electrons. The van der Waals surface area contributed by atoms with Gasteiger partial charge in [0.25, 0.3) is 5.91 Å². The predicted molar refractivity (Wildman–Crippen MR) is 98.6 cm³/mol. The quantitative estimate of drug-likeness (QED) is 0.851. The van der Waals surface area contributed by atoms with Gasteiger partial charge in [0.1, 0.15) is 6.04 Å². The second-order valence-corrected chi connectivity index (χ2v) is 6.66. The molecular weight excluding hydrogens is 326 g/mol. The highest BCUT2D eigenvalue weighted by Gasteiger charge is 2.31. The maximum Gasteiger partial charge on any atom is 0.251 e. The van der Waals surface area contributed by atoms with Crippen LogP contribution in [0.1, 0.15) is 36.2 Å². The van der Waals surface area contributed by atoms with E-state index in [0.717, 1.165) is 25.1 Å². The number of hydrogen-bond donors (Lipinski definition) is 2. The van der Waals surface area contributed by atoms with Gasteiger partial charge in [-0.2, -0.15) is 0 Å². The number of hydrogen-bond acceptors (Lipinski definition) is 3. The van der Waals surface area contributed by atoms with Gasteiger partial charge >= 0.3 is 0 Å². The zero-order chi connectivity index (χ0) is 17.0. The van der Waals surface area contributed by atoms with Crippen LogP contribution in [0.4, 0.5) is 0 Å². The summed E-state index contributed by atoms with van der Waals surface area (Å²) < 4.78 is 0. The number of nitrogens with one attached hydrogen (secondary N) is 2. The molecule has 1 aromatic rings. The predicted octanol–water partition coefficient (Wildman–Crippen LogP) is 1.99. The van der Waals surface area contributed by atoms with Crippen LogP contribution in [0.15, 0.2) is 24.3 Å². The lowest BCUT2D eigenvalue weighted by atomic mass is 10.0. The van der Waals surface area contributed by atoms with Crippen LogP contribution in [0.2, 0.25) is 0 Å². The monoisotopic (exact) mass is 353 g/mol. The van der Waals surface area contributed by atoms with E-state index in [0.29, 0.717) is 5.56 Å². The SMILES string of the molecule is Cc1cccc(C(=O)NC(C(=O)N(C)C2CCNC2)C(C)C)c1.Cl. The summed E-state index contributed by atoms with van der Waals surface area (Å²) in [4.78, 5) is 27.0. The van der Waals surface area contributed by atoms with Crippen LogP contribution >= 0.6 is 12.4 Å². The highest BCUT2D eigenvalue weighted by Crippen LogP contribution is 2.13. The van der Waals surface area contributed by atoms with Gasteiger partial charge in [-0.05, 0) is 37.9 Å². The van der Waals surface area contributed by atoms with E-state index in [4.69, 9.17) is 0 Å². The summed E-state index contributed by atoms with van der Waals surface area (Å²) in [5.74, 6) is -0.179. The number of nitrogens with zero attached hydrogens (tertiary/aromatic N) is 1. The molecule has 2 atom stereocenters. The van der Waals surface area contributed by atoms with Crippen molar-refractivity contribution in [3.63, 3.8) is 0 Å². The van der Waals surface area contributed by atoms with Crippen LogP contribution < -0.4 is 10.6 Å². The van der Waals surface area contributed by atoms with Gasteiger partial charge in [-0.25, -0.2) is 0 Å². The molecule has 24 heavy (non-hydrogen) atoms. The molecule has 1 aliphatic heterocycles. The second-order valence-electron chi connectivity index (χ2n) is 6.66. The van der Waals surface area contributed by atoms with Gasteiger partial charge in [0.05, 0.1) is 0 Å². The van der Waals surface area contributed by atoms with Gasteiger partial charge in [0.15, 0.2) is 0 Å². The highest BCUT2D eigenvalue weighted by molar-refractivity contribution is 5.97. The van der Waals surface area contributed by atoms with E-state index < -0.39 is 6.04 Å². The Morgan fingerprint density at radius 3 is 2.58 bits per heavy atom. The van der Waals surface area contributed by atoms with Gasteiger partial charge in [-0.3, -0.25) is 9.59 Å². The van der Waals surface area contributed by atoms with E-state index in [9.17, 15) is 9.59 Å². The molecule has 2 rings (SSSR count). The molecule has 1 heterocycles. The van der Waals surface area contributed by atoms with E-state index in [1.807, 2.05) is 46.0 Å². The molecule has 2 amide bonds. The molecule has 0 aliphatic carbocycles. The van der Waals surface area contributed by atoms with E-state index in [2.05, 4.69) is 10.6 Å². The lowest BCUT2D eigenvalue weighted by Gasteiger charge is -2.30. The molecular formula is C18H28ClN3O2. The Hall–Kier alpha value is -1.59. The lowest BCUT2D eigenvalue weighted by Crippen LogP contribution is -2.53. The van der Waals surface area contributed by atoms with Crippen LogP contribution in [-0.2, 0) is 4.79 Å². The first-order valence-electron chi connectivity index (χ1n) is 8.25. The fourth-order valence-corrected chi connectivity index (χ4v) is 2.89. The van der Waals surface area contributed by atoms with Crippen LogP contribution in [0.5, 0.6) is 0 Å². The molecule has 0 bridgehead atoms. The number of carbonyl (C=O) groups is 2. The average Bonchev–Trinajstić information content (AvgIpc) is 3.05. The third-order valence-electron chi connectivity index (χ3n) is 4.43. The average molecular weight is 354 g/mol. The number of aryl methyl sites for hydroxylation is 1. The zero-order valence-corrected chi connectivity index (χ0v) is 15.7. The summed E-state index contributed by atoms with van der Waals surface area (Å²) in [6.45, 7) is 7.62. The summed E-state index contributed by atoms with van der Waals surface area (Å²) in [6, 6.07) is 7.11. The first-order valence-corrected chi connectivity index (χ1v) is 8.25. The first-order chi connectivity index (χ1) is 10.9. The van der Waals surface area contributed by atoms with Crippen molar-refractivity contribution in [2.24, 2.45) is 5.92 Å². The normalized spacial score (nSPS) is 18.0. The van der Waals surface area contributed by atoms with Gasteiger partial charge in [0, 0.05) is 25.2 Å². The number of halogens is 1. The minimum Gasteiger partial charge on any atom is -0.340 e. The third-order valence-corrected chi connectivity index (χ3v) is 4.43. The van der Waals surface area contributed by atoms with Crippen molar-refractivity contribution in [3.05, 3.63) is 35.4 Å². The minimum atomic E-state index is -0.506. The van der Waals surface area contributed by atoms with Gasteiger partial charge in [-0.15, -0.1) is 12.4 Å². The summed E-state index contributed by atoms with van der Waals surface area (Å²) in [5, 5.41) is 6.18. The van der Waals surface area contributed by atoms with Crippen molar-refractivity contribution in [1.29, 1.82) is 0 Å². The smallest absolute Gasteiger partial charge is 0.251 e. The Labute approximate surface area is 150 Å². The molecule has 1 saturated heterocycles. The Morgan fingerprint density at radius 2 is 2.04 bits per heavy atom.